The molecule has 25 heavy (non-hydrogen) atoms. The third kappa shape index (κ3) is 3.02. The fourth-order valence-corrected chi connectivity index (χ4v) is 3.10. The molecule has 1 aliphatic rings. The minimum atomic E-state index is -3.59. The summed E-state index contributed by atoms with van der Waals surface area (Å²) in [4.78, 5) is 15.0. The number of nitrogen functional groups attached to an aromatic ring is 1. The average Bonchev–Trinajstić information content (AvgIpc) is 3.20. The summed E-state index contributed by atoms with van der Waals surface area (Å²) >= 11 is 0. The van der Waals surface area contributed by atoms with Gasteiger partial charge in [-0.15, -0.1) is 0 Å². The van der Waals surface area contributed by atoms with E-state index in [1.54, 1.807) is 0 Å². The van der Waals surface area contributed by atoms with Crippen molar-refractivity contribution in [3.05, 3.63) is 12.2 Å². The quantitative estimate of drug-likeness (QED) is 0.470. The van der Waals surface area contributed by atoms with Crippen LogP contribution in [0.25, 0.3) is 11.2 Å². The Morgan fingerprint density at radius 1 is 1.44 bits per heavy atom. The second-order valence-electron chi connectivity index (χ2n) is 5.27. The normalized spacial score (nSPS) is 27.2. The number of imidazole rings is 1. The number of H-pyrrole nitrogens is 1. The van der Waals surface area contributed by atoms with E-state index in [9.17, 15) is 14.8 Å². The van der Waals surface area contributed by atoms with Crippen LogP contribution in [0.4, 0.5) is 5.82 Å². The molecule has 1 aliphatic heterocycles. The molecule has 3 heterocycles. The Hall–Kier alpha value is -1.66. The lowest BCUT2D eigenvalue weighted by atomic mass is 10.1. The van der Waals surface area contributed by atoms with Gasteiger partial charge in [0.05, 0.1) is 12.9 Å². The Morgan fingerprint density at radius 3 is 2.76 bits per heavy atom. The van der Waals surface area contributed by atoms with Crippen LogP contribution in [0.1, 0.15) is 5.82 Å². The number of rotatable bonds is 6. The molecule has 0 saturated carbocycles. The molecule has 0 unspecified atom stereocenters. The molecule has 0 amide bonds. The smallest absolute Gasteiger partial charge is 0.355 e. The number of anilines is 1. The van der Waals surface area contributed by atoms with Crippen molar-refractivity contribution in [2.75, 3.05) is 32.9 Å². The Labute approximate surface area is 141 Å². The molecule has 0 aromatic carbocycles. The number of aliphatic hydroxyl groups is 2. The van der Waals surface area contributed by atoms with E-state index in [4.69, 9.17) is 24.3 Å². The van der Waals surface area contributed by atoms with Crippen LogP contribution in [0.3, 0.4) is 0 Å². The van der Waals surface area contributed by atoms with E-state index in [-0.39, 0.29) is 23.9 Å². The second-order valence-corrected chi connectivity index (χ2v) is 7.48. The van der Waals surface area contributed by atoms with E-state index in [1.165, 1.54) is 20.5 Å². The van der Waals surface area contributed by atoms with E-state index in [2.05, 4.69) is 19.9 Å². The van der Waals surface area contributed by atoms with Gasteiger partial charge in [-0.2, -0.15) is 0 Å². The molecule has 3 atom stereocenters. The molecule has 2 aromatic heterocycles. The first kappa shape index (κ1) is 18.1. The number of hydrogen-bond donors (Lipinski definition) is 4. The third-order valence-electron chi connectivity index (χ3n) is 3.84. The minimum Gasteiger partial charge on any atom is -0.388 e. The maximum Gasteiger partial charge on any atom is 0.355 e. The first-order valence-electron chi connectivity index (χ1n) is 7.17. The van der Waals surface area contributed by atoms with E-state index >= 15 is 0 Å². The topological polar surface area (TPSA) is 175 Å². The van der Waals surface area contributed by atoms with E-state index < -0.39 is 31.9 Å². The molecule has 3 rings (SSSR count). The van der Waals surface area contributed by atoms with Gasteiger partial charge in [-0.1, -0.05) is 0 Å². The summed E-state index contributed by atoms with van der Waals surface area (Å²) in [5.74, 6) is -2.14. The molecule has 12 nitrogen and oxygen atoms in total. The molecule has 138 valence electrons. The highest BCUT2D eigenvalue weighted by Gasteiger charge is 2.55. The van der Waals surface area contributed by atoms with Gasteiger partial charge in [0.25, 0.3) is 5.79 Å². The molecule has 0 radical (unpaired) electrons. The van der Waals surface area contributed by atoms with Gasteiger partial charge in [-0.3, -0.25) is 4.57 Å². The lowest BCUT2D eigenvalue weighted by molar-refractivity contribution is -0.254. The van der Waals surface area contributed by atoms with Crippen LogP contribution < -0.4 is 5.73 Å². The number of nitrogens with two attached hydrogens (primary N) is 1. The van der Waals surface area contributed by atoms with E-state index in [0.717, 1.165) is 0 Å². The molecular weight excluding hydrogens is 357 g/mol. The Morgan fingerprint density at radius 2 is 2.16 bits per heavy atom. The standard InChI is InChI=1S/C12H18N5O7P/c1-21-25(20,22-2)5-24-12(8(19)6(18)3-23-12)11-16-9(13)7-10(17-11)15-4-14-7/h4,6,8,18-19H,3,5H2,1-2H3,(H3,13,14,15,16,17)/t6-,8-,12+/m1/s1. The number of aliphatic hydroxyl groups excluding tert-OH is 2. The second kappa shape index (κ2) is 6.57. The van der Waals surface area contributed by atoms with Crippen LogP contribution in [0, 0.1) is 0 Å². The summed E-state index contributed by atoms with van der Waals surface area (Å²) in [6, 6.07) is 0. The predicted octanol–water partition coefficient (Wildman–Crippen LogP) is -0.700. The fourth-order valence-electron chi connectivity index (χ4n) is 2.39. The van der Waals surface area contributed by atoms with Gasteiger partial charge in [0.15, 0.2) is 23.6 Å². The summed E-state index contributed by atoms with van der Waals surface area (Å²) in [6.07, 6.45) is -2.04. The van der Waals surface area contributed by atoms with Crippen LogP contribution in [-0.2, 0) is 28.9 Å². The number of nitrogens with one attached hydrogen (secondary N) is 1. The lowest BCUT2D eigenvalue weighted by Crippen LogP contribution is -2.44. The first-order valence-corrected chi connectivity index (χ1v) is 8.89. The van der Waals surface area contributed by atoms with Gasteiger partial charge >= 0.3 is 7.60 Å². The molecule has 5 N–H and O–H groups in total. The number of hydrogen-bond acceptors (Lipinski definition) is 11. The molecule has 1 fully saturated rings. The summed E-state index contributed by atoms with van der Waals surface area (Å²) in [5.41, 5.74) is 6.47. The summed E-state index contributed by atoms with van der Waals surface area (Å²) < 4.78 is 32.8. The van der Waals surface area contributed by atoms with E-state index in [0.29, 0.717) is 5.52 Å². The van der Waals surface area contributed by atoms with Crippen molar-refractivity contribution in [3.63, 3.8) is 0 Å². The van der Waals surface area contributed by atoms with Gasteiger partial charge in [0.2, 0.25) is 0 Å². The van der Waals surface area contributed by atoms with E-state index in [1.807, 2.05) is 0 Å². The summed E-state index contributed by atoms with van der Waals surface area (Å²) in [7, 11) is -1.22. The minimum absolute atomic E-state index is 0.0410. The van der Waals surface area contributed by atoms with Crippen molar-refractivity contribution in [1.29, 1.82) is 0 Å². The highest BCUT2D eigenvalue weighted by atomic mass is 31.2. The summed E-state index contributed by atoms with van der Waals surface area (Å²) in [6.45, 7) is -0.257. The van der Waals surface area contributed by atoms with Crippen molar-refractivity contribution in [3.8, 4) is 0 Å². The lowest BCUT2D eigenvalue weighted by Gasteiger charge is -2.31. The molecule has 13 heteroatoms. The molecule has 0 aliphatic carbocycles. The fraction of sp³-hybridized carbons (Fsp3) is 0.583. The molecule has 1 saturated heterocycles. The van der Waals surface area contributed by atoms with Crippen LogP contribution in [0.5, 0.6) is 0 Å². The zero-order valence-corrected chi connectivity index (χ0v) is 14.3. The summed E-state index contributed by atoms with van der Waals surface area (Å²) in [5, 5.41) is 20.3. The van der Waals surface area contributed by atoms with Gasteiger partial charge in [0.1, 0.15) is 17.7 Å². The number of ether oxygens (including phenoxy) is 2. The van der Waals surface area contributed by atoms with Crippen molar-refractivity contribution < 1.29 is 33.3 Å². The maximum atomic E-state index is 12.3. The van der Waals surface area contributed by atoms with Crippen molar-refractivity contribution >= 4 is 24.6 Å². The Kier molecular flexibility index (Phi) is 4.77. The van der Waals surface area contributed by atoms with Gasteiger partial charge in [0, 0.05) is 14.2 Å². The zero-order chi connectivity index (χ0) is 18.2. The molecular formula is C12H18N5O7P. The molecule has 2 aromatic rings. The van der Waals surface area contributed by atoms with Gasteiger partial charge < -0.3 is 39.5 Å². The number of aromatic nitrogens is 4. The molecule has 0 spiro atoms. The van der Waals surface area contributed by atoms with Gasteiger partial charge in [-0.25, -0.2) is 15.0 Å². The van der Waals surface area contributed by atoms with Crippen LogP contribution in [0.15, 0.2) is 6.33 Å². The predicted molar refractivity (Wildman–Crippen MR) is 83.3 cm³/mol. The number of fused-ring (bicyclic) bond motifs is 1. The first-order chi connectivity index (χ1) is 11.8. The average molecular weight is 375 g/mol. The van der Waals surface area contributed by atoms with Crippen LogP contribution >= 0.6 is 7.60 Å². The Balaban J connectivity index is 2.03. The largest absolute Gasteiger partial charge is 0.388 e. The SMILES string of the molecule is COP(=O)(CO[C@@]1(c2nc(N)c3[nH]cnc3n2)OC[C@@H](O)[C@H]1O)OC. The molecule has 0 bridgehead atoms. The van der Waals surface area contributed by atoms with Crippen LogP contribution in [0.2, 0.25) is 0 Å². The monoisotopic (exact) mass is 375 g/mol. The maximum absolute atomic E-state index is 12.3. The van der Waals surface area contributed by atoms with Gasteiger partial charge in [-0.05, 0) is 0 Å². The van der Waals surface area contributed by atoms with Crippen molar-refractivity contribution in [1.82, 2.24) is 19.9 Å². The highest BCUT2D eigenvalue weighted by molar-refractivity contribution is 7.53. The Bertz CT molecular complexity index is 808. The highest BCUT2D eigenvalue weighted by Crippen LogP contribution is 2.49. The van der Waals surface area contributed by atoms with Crippen molar-refractivity contribution in [2.24, 2.45) is 0 Å². The number of aromatic amines is 1. The third-order valence-corrected chi connectivity index (χ3v) is 5.40. The van der Waals surface area contributed by atoms with Crippen LogP contribution in [-0.4, -0.2) is 69.5 Å². The zero-order valence-electron chi connectivity index (χ0n) is 13.4. The van der Waals surface area contributed by atoms with Crippen molar-refractivity contribution in [2.45, 2.75) is 18.0 Å². The number of nitrogens with zero attached hydrogens (tertiary/aromatic N) is 3.